The van der Waals surface area contributed by atoms with Gasteiger partial charge in [-0.3, -0.25) is 0 Å². The van der Waals surface area contributed by atoms with Gasteiger partial charge in [0.2, 0.25) is 0 Å². The van der Waals surface area contributed by atoms with Gasteiger partial charge >= 0.3 is 0 Å². The Morgan fingerprint density at radius 2 is 1.88 bits per heavy atom. The molecular weight excluding hydrogens is 238 g/mol. The number of benzene rings is 1. The van der Waals surface area contributed by atoms with Crippen molar-refractivity contribution in [3.8, 4) is 0 Å². The van der Waals surface area contributed by atoms with Gasteiger partial charge in [-0.15, -0.1) is 11.8 Å². The molecule has 1 unspecified atom stereocenters. The lowest BCUT2D eigenvalue weighted by Crippen LogP contribution is -2.59. The molecule has 1 saturated heterocycles. The summed E-state index contributed by atoms with van der Waals surface area (Å²) < 4.78 is 0. The van der Waals surface area contributed by atoms with E-state index in [1.54, 1.807) is 0 Å². The number of hydrogen-bond donors (Lipinski definition) is 4. The van der Waals surface area contributed by atoms with Crippen molar-refractivity contribution >= 4 is 11.8 Å². The van der Waals surface area contributed by atoms with Crippen LogP contribution in [0.3, 0.4) is 0 Å². The molecule has 0 spiro atoms. The van der Waals surface area contributed by atoms with Gasteiger partial charge in [0, 0.05) is 11.4 Å². The first-order valence-corrected chi connectivity index (χ1v) is 6.52. The molecule has 0 aliphatic carbocycles. The fourth-order valence-corrected chi connectivity index (χ4v) is 3.07. The third-order valence-electron chi connectivity index (χ3n) is 2.95. The molecule has 1 fully saturated rings. The largest absolute Gasteiger partial charge is 0.395 e. The van der Waals surface area contributed by atoms with Crippen molar-refractivity contribution in [3.05, 3.63) is 30.3 Å². The Kier molecular flexibility index (Phi) is 4.42. The lowest BCUT2D eigenvalue weighted by molar-refractivity contribution is -0.0345. The number of nitrogens with one attached hydrogen (secondary N) is 1. The smallest absolute Gasteiger partial charge is 0.0985 e. The summed E-state index contributed by atoms with van der Waals surface area (Å²) in [5.41, 5.74) is 0. The third kappa shape index (κ3) is 3.00. The molecule has 94 valence electrons. The van der Waals surface area contributed by atoms with Crippen LogP contribution >= 0.6 is 11.8 Å². The van der Waals surface area contributed by atoms with Gasteiger partial charge in [0.1, 0.15) is 0 Å². The predicted molar refractivity (Wildman–Crippen MR) is 67.0 cm³/mol. The number of rotatable bonds is 3. The normalized spacial score (nSPS) is 33.6. The summed E-state index contributed by atoms with van der Waals surface area (Å²) in [5, 5.41) is 31.7. The minimum Gasteiger partial charge on any atom is -0.395 e. The first-order chi connectivity index (χ1) is 8.22. The lowest BCUT2D eigenvalue weighted by Gasteiger charge is -2.37. The fourth-order valence-electron chi connectivity index (χ4n) is 1.92. The first-order valence-electron chi connectivity index (χ1n) is 5.64. The summed E-state index contributed by atoms with van der Waals surface area (Å²) in [7, 11) is 0. The highest BCUT2D eigenvalue weighted by atomic mass is 32.2. The molecule has 2 rings (SSSR count). The van der Waals surface area contributed by atoms with Crippen LogP contribution in [0.4, 0.5) is 0 Å². The van der Waals surface area contributed by atoms with Crippen molar-refractivity contribution in [2.24, 2.45) is 0 Å². The second-order valence-corrected chi connectivity index (χ2v) is 5.46. The zero-order chi connectivity index (χ0) is 12.3. The fraction of sp³-hybridized carbons (Fsp3) is 0.500. The van der Waals surface area contributed by atoms with E-state index in [1.165, 1.54) is 11.8 Å². The lowest BCUT2D eigenvalue weighted by atomic mass is 9.99. The van der Waals surface area contributed by atoms with Crippen LogP contribution in [0.15, 0.2) is 35.2 Å². The number of aliphatic hydroxyl groups excluding tert-OH is 3. The highest BCUT2D eigenvalue weighted by Crippen LogP contribution is 2.28. The quantitative estimate of drug-likeness (QED) is 0.604. The van der Waals surface area contributed by atoms with Crippen LogP contribution < -0.4 is 5.32 Å². The first kappa shape index (κ1) is 12.9. The molecule has 1 aliphatic rings. The topological polar surface area (TPSA) is 72.7 Å². The summed E-state index contributed by atoms with van der Waals surface area (Å²) in [6.07, 6.45) is -1.74. The van der Waals surface area contributed by atoms with Crippen molar-refractivity contribution in [1.29, 1.82) is 0 Å². The molecule has 1 aliphatic heterocycles. The summed E-state index contributed by atoms with van der Waals surface area (Å²) in [6.45, 7) is 0.407. The predicted octanol–water partition coefficient (Wildman–Crippen LogP) is -0.167. The van der Waals surface area contributed by atoms with E-state index < -0.39 is 18.2 Å². The van der Waals surface area contributed by atoms with E-state index in [1.807, 2.05) is 30.3 Å². The minimum absolute atomic E-state index is 0.102. The Morgan fingerprint density at radius 3 is 2.53 bits per heavy atom. The molecule has 0 saturated carbocycles. The van der Waals surface area contributed by atoms with Crippen molar-refractivity contribution in [2.45, 2.75) is 28.4 Å². The molecule has 0 bridgehead atoms. The number of thioether (sulfide) groups is 1. The van der Waals surface area contributed by atoms with E-state index in [2.05, 4.69) is 5.32 Å². The van der Waals surface area contributed by atoms with E-state index in [0.29, 0.717) is 6.54 Å². The molecule has 4 N–H and O–H groups in total. The third-order valence-corrected chi connectivity index (χ3v) is 4.24. The van der Waals surface area contributed by atoms with E-state index in [0.717, 1.165) is 4.90 Å². The molecule has 0 aromatic heterocycles. The average Bonchev–Trinajstić information content (AvgIpc) is 2.37. The van der Waals surface area contributed by atoms with Crippen molar-refractivity contribution in [3.63, 3.8) is 0 Å². The van der Waals surface area contributed by atoms with Crippen LogP contribution in [0.25, 0.3) is 0 Å². The molecule has 1 aromatic rings. The zero-order valence-corrected chi connectivity index (χ0v) is 10.2. The summed E-state index contributed by atoms with van der Waals surface area (Å²) in [4.78, 5) is 1.06. The number of aliphatic hydroxyl groups is 3. The zero-order valence-electron chi connectivity index (χ0n) is 9.36. The van der Waals surface area contributed by atoms with Gasteiger partial charge in [-0.1, -0.05) is 18.2 Å². The molecule has 0 radical (unpaired) electrons. The van der Waals surface area contributed by atoms with Gasteiger partial charge in [-0.25, -0.2) is 0 Å². The number of hydrogen-bond acceptors (Lipinski definition) is 5. The Hall–Kier alpha value is -0.590. The second-order valence-electron chi connectivity index (χ2n) is 4.15. The van der Waals surface area contributed by atoms with E-state index >= 15 is 0 Å². The van der Waals surface area contributed by atoms with Crippen LogP contribution in [0.1, 0.15) is 0 Å². The maximum absolute atomic E-state index is 9.98. The monoisotopic (exact) mass is 255 g/mol. The number of piperidine rings is 1. The van der Waals surface area contributed by atoms with Crippen LogP contribution in [0.2, 0.25) is 0 Å². The maximum atomic E-state index is 9.98. The highest BCUT2D eigenvalue weighted by Gasteiger charge is 2.37. The molecule has 4 atom stereocenters. The Labute approximate surface area is 105 Å². The molecular formula is C12H17NO3S. The van der Waals surface area contributed by atoms with Crippen LogP contribution in [-0.4, -0.2) is 52.0 Å². The van der Waals surface area contributed by atoms with Crippen LogP contribution in [0.5, 0.6) is 0 Å². The van der Waals surface area contributed by atoms with Gasteiger partial charge in [0.15, 0.2) is 0 Å². The highest BCUT2D eigenvalue weighted by molar-refractivity contribution is 8.00. The molecule has 0 amide bonds. The molecule has 4 nitrogen and oxygen atoms in total. The van der Waals surface area contributed by atoms with Gasteiger partial charge < -0.3 is 20.6 Å². The maximum Gasteiger partial charge on any atom is 0.0985 e. The molecule has 1 heterocycles. The van der Waals surface area contributed by atoms with E-state index in [9.17, 15) is 10.2 Å². The standard InChI is InChI=1S/C12H17NO3S/c14-7-9-11(15)12(16)10(6-13-9)17-8-4-2-1-3-5-8/h1-5,9-16H,6-7H2/t9?,10-,11+,12+/m0/s1. The van der Waals surface area contributed by atoms with E-state index in [4.69, 9.17) is 5.11 Å². The SMILES string of the molecule is OCC1NC[C@H](Sc2ccccc2)[C@@H](O)[C@@H]1O. The molecule has 17 heavy (non-hydrogen) atoms. The van der Waals surface area contributed by atoms with Gasteiger partial charge in [0.25, 0.3) is 0 Å². The Bertz CT molecular complexity index is 349. The average molecular weight is 255 g/mol. The van der Waals surface area contributed by atoms with Crippen molar-refractivity contribution in [2.75, 3.05) is 13.2 Å². The van der Waals surface area contributed by atoms with Crippen molar-refractivity contribution < 1.29 is 15.3 Å². The Balaban J connectivity index is 1.99. The van der Waals surface area contributed by atoms with Crippen LogP contribution in [0, 0.1) is 0 Å². The Morgan fingerprint density at radius 1 is 1.18 bits per heavy atom. The molecule has 5 heteroatoms. The van der Waals surface area contributed by atoms with Crippen LogP contribution in [-0.2, 0) is 0 Å². The van der Waals surface area contributed by atoms with Gasteiger partial charge in [0.05, 0.1) is 30.1 Å². The van der Waals surface area contributed by atoms with E-state index in [-0.39, 0.29) is 11.9 Å². The van der Waals surface area contributed by atoms with Gasteiger partial charge in [-0.05, 0) is 12.1 Å². The summed E-state index contributed by atoms with van der Waals surface area (Å²) in [6, 6.07) is 9.34. The summed E-state index contributed by atoms with van der Waals surface area (Å²) >= 11 is 1.53. The minimum atomic E-state index is -0.921. The van der Waals surface area contributed by atoms with Gasteiger partial charge in [-0.2, -0.15) is 0 Å². The van der Waals surface area contributed by atoms with Crippen molar-refractivity contribution in [1.82, 2.24) is 5.32 Å². The second kappa shape index (κ2) is 5.84. The molecule has 1 aromatic carbocycles. The summed E-state index contributed by atoms with van der Waals surface area (Å²) in [5.74, 6) is 0.